The van der Waals surface area contributed by atoms with E-state index in [-0.39, 0.29) is 0 Å². The van der Waals surface area contributed by atoms with E-state index in [1.807, 2.05) is 23.1 Å². The summed E-state index contributed by atoms with van der Waals surface area (Å²) in [5, 5.41) is 0. The van der Waals surface area contributed by atoms with E-state index in [0.717, 1.165) is 17.1 Å². The number of aliphatic imine (C=N–C) groups is 3. The molecule has 5 nitrogen and oxygen atoms in total. The molecule has 0 aromatic rings. The van der Waals surface area contributed by atoms with Crippen LogP contribution in [-0.4, -0.2) is 30.0 Å². The molecule has 3 aliphatic heterocycles. The van der Waals surface area contributed by atoms with Gasteiger partial charge in [-0.3, -0.25) is 4.90 Å². The van der Waals surface area contributed by atoms with Crippen molar-refractivity contribution in [2.75, 3.05) is 6.54 Å². The molecule has 0 aliphatic carbocycles. The first kappa shape index (κ1) is 8.31. The predicted molar refractivity (Wildman–Crippen MR) is 59.6 cm³/mol. The molecule has 0 saturated heterocycles. The van der Waals surface area contributed by atoms with Crippen molar-refractivity contribution in [3.63, 3.8) is 0 Å². The smallest absolute Gasteiger partial charge is 0.237 e. The molecule has 0 bridgehead atoms. The van der Waals surface area contributed by atoms with Crippen molar-refractivity contribution in [2.45, 2.75) is 0 Å². The minimum Gasteiger partial charge on any atom is -0.326 e. The molecule has 3 rings (SSSR count). The van der Waals surface area contributed by atoms with Crippen molar-refractivity contribution in [3.8, 4) is 0 Å². The highest BCUT2D eigenvalue weighted by Gasteiger charge is 2.26. The number of hydrogen-bond donors (Lipinski definition) is 1. The fourth-order valence-electron chi connectivity index (χ4n) is 1.71. The van der Waals surface area contributed by atoms with E-state index >= 15 is 0 Å². The Morgan fingerprint density at radius 2 is 2.20 bits per heavy atom. The van der Waals surface area contributed by atoms with Gasteiger partial charge >= 0.3 is 0 Å². The molecule has 0 saturated carbocycles. The summed E-state index contributed by atoms with van der Waals surface area (Å²) in [6, 6.07) is 0. The maximum Gasteiger partial charge on any atom is 0.237 e. The summed E-state index contributed by atoms with van der Waals surface area (Å²) in [7, 11) is 0. The third kappa shape index (κ3) is 1.10. The highest BCUT2D eigenvalue weighted by Crippen LogP contribution is 2.28. The van der Waals surface area contributed by atoms with E-state index < -0.39 is 0 Å². The largest absolute Gasteiger partial charge is 0.326 e. The van der Waals surface area contributed by atoms with E-state index in [0.29, 0.717) is 12.5 Å². The highest BCUT2D eigenvalue weighted by atomic mass is 15.4. The topological polar surface area (TPSA) is 66.3 Å². The summed E-state index contributed by atoms with van der Waals surface area (Å²) in [6.07, 6.45) is 9.14. The van der Waals surface area contributed by atoms with Gasteiger partial charge in [0.05, 0.1) is 5.70 Å². The standard InChI is InChI=1S/C10H9N5/c11-5-7-1-2-8-3-4-12-10-14-6-13-9(7)15(8)10/h1-4,6H,5,11H2. The Hall–Kier alpha value is -2.01. The highest BCUT2D eigenvalue weighted by molar-refractivity contribution is 6.01. The molecule has 0 spiro atoms. The maximum atomic E-state index is 5.65. The van der Waals surface area contributed by atoms with Gasteiger partial charge in [-0.1, -0.05) is 6.08 Å². The van der Waals surface area contributed by atoms with Crippen LogP contribution >= 0.6 is 0 Å². The summed E-state index contributed by atoms with van der Waals surface area (Å²) in [4.78, 5) is 14.4. The van der Waals surface area contributed by atoms with Gasteiger partial charge in [0.15, 0.2) is 0 Å². The Morgan fingerprint density at radius 1 is 1.27 bits per heavy atom. The van der Waals surface area contributed by atoms with Gasteiger partial charge < -0.3 is 5.73 Å². The van der Waals surface area contributed by atoms with Crippen LogP contribution in [0.2, 0.25) is 0 Å². The number of guanidine groups is 1. The van der Waals surface area contributed by atoms with Crippen molar-refractivity contribution in [3.05, 3.63) is 35.3 Å². The van der Waals surface area contributed by atoms with E-state index in [9.17, 15) is 0 Å². The zero-order valence-electron chi connectivity index (χ0n) is 7.96. The lowest BCUT2D eigenvalue weighted by molar-refractivity contribution is 0.608. The molecule has 0 unspecified atom stereocenters. The second-order valence-corrected chi connectivity index (χ2v) is 3.27. The summed E-state index contributed by atoms with van der Waals surface area (Å²) >= 11 is 0. The lowest BCUT2D eigenvalue weighted by Gasteiger charge is -2.31. The van der Waals surface area contributed by atoms with Crippen LogP contribution in [0.25, 0.3) is 0 Å². The van der Waals surface area contributed by atoms with E-state index in [1.54, 1.807) is 6.21 Å². The van der Waals surface area contributed by atoms with Crippen molar-refractivity contribution < 1.29 is 0 Å². The summed E-state index contributed by atoms with van der Waals surface area (Å²) in [6.45, 7) is 0.462. The zero-order chi connectivity index (χ0) is 10.3. The lowest BCUT2D eigenvalue weighted by Crippen LogP contribution is -2.34. The average molecular weight is 199 g/mol. The molecule has 0 atom stereocenters. The second kappa shape index (κ2) is 2.99. The molecule has 74 valence electrons. The van der Waals surface area contributed by atoms with Gasteiger partial charge in [0, 0.05) is 18.3 Å². The van der Waals surface area contributed by atoms with Gasteiger partial charge in [0.1, 0.15) is 12.2 Å². The van der Waals surface area contributed by atoms with Crippen LogP contribution in [0.1, 0.15) is 0 Å². The van der Waals surface area contributed by atoms with Crippen LogP contribution in [0.3, 0.4) is 0 Å². The minimum atomic E-state index is 0.462. The first-order chi connectivity index (χ1) is 7.40. The number of nitrogens with zero attached hydrogens (tertiary/aromatic N) is 4. The molecular weight excluding hydrogens is 190 g/mol. The molecule has 5 heteroatoms. The second-order valence-electron chi connectivity index (χ2n) is 3.27. The normalized spacial score (nSPS) is 21.5. The van der Waals surface area contributed by atoms with Gasteiger partial charge in [0.2, 0.25) is 5.96 Å². The monoisotopic (exact) mass is 199 g/mol. The molecular formula is C10H9N5. The van der Waals surface area contributed by atoms with Crippen molar-refractivity contribution in [1.29, 1.82) is 0 Å². The minimum absolute atomic E-state index is 0.462. The first-order valence-corrected chi connectivity index (χ1v) is 4.66. The Bertz CT molecular complexity index is 482. The van der Waals surface area contributed by atoms with Gasteiger partial charge in [0.25, 0.3) is 0 Å². The Kier molecular flexibility index (Phi) is 1.66. The van der Waals surface area contributed by atoms with E-state index in [4.69, 9.17) is 5.73 Å². The molecule has 0 radical (unpaired) electrons. The van der Waals surface area contributed by atoms with Gasteiger partial charge in [-0.25, -0.2) is 15.0 Å². The molecule has 0 amide bonds. The third-order valence-corrected chi connectivity index (χ3v) is 2.42. The fourth-order valence-corrected chi connectivity index (χ4v) is 1.71. The molecule has 3 heterocycles. The fraction of sp³-hybridized carbons (Fsp3) is 0.100. The van der Waals surface area contributed by atoms with Gasteiger partial charge in [-0.15, -0.1) is 0 Å². The molecule has 0 aromatic heterocycles. The molecule has 2 N–H and O–H groups in total. The van der Waals surface area contributed by atoms with Gasteiger partial charge in [-0.05, 0) is 12.2 Å². The van der Waals surface area contributed by atoms with Crippen LogP contribution < -0.4 is 5.73 Å². The Morgan fingerprint density at radius 3 is 3.07 bits per heavy atom. The molecule has 15 heavy (non-hydrogen) atoms. The van der Waals surface area contributed by atoms with Crippen molar-refractivity contribution >= 4 is 18.5 Å². The quantitative estimate of drug-likeness (QED) is 0.664. The SMILES string of the molecule is NCC1=C2N=CN=C3N=CC=C(C=C1)N32. The van der Waals surface area contributed by atoms with Gasteiger partial charge in [-0.2, -0.15) is 0 Å². The number of rotatable bonds is 1. The molecule has 0 fully saturated rings. The summed E-state index contributed by atoms with van der Waals surface area (Å²) < 4.78 is 0. The number of hydrogen-bond acceptors (Lipinski definition) is 5. The predicted octanol–water partition coefficient (Wildman–Crippen LogP) is 0.395. The first-order valence-electron chi connectivity index (χ1n) is 4.66. The van der Waals surface area contributed by atoms with Crippen molar-refractivity contribution in [1.82, 2.24) is 4.90 Å². The van der Waals surface area contributed by atoms with Crippen LogP contribution in [0.15, 0.2) is 50.3 Å². The summed E-state index contributed by atoms with van der Waals surface area (Å²) in [5.41, 5.74) is 7.67. The van der Waals surface area contributed by atoms with Crippen LogP contribution in [0, 0.1) is 0 Å². The zero-order valence-corrected chi connectivity index (χ0v) is 7.96. The number of allylic oxidation sites excluding steroid dienone is 2. The Labute approximate surface area is 86.7 Å². The van der Waals surface area contributed by atoms with E-state index in [1.165, 1.54) is 6.34 Å². The number of nitrogens with two attached hydrogens (primary N) is 1. The van der Waals surface area contributed by atoms with Crippen LogP contribution in [-0.2, 0) is 0 Å². The van der Waals surface area contributed by atoms with Crippen LogP contribution in [0.4, 0.5) is 0 Å². The maximum absolute atomic E-state index is 5.65. The van der Waals surface area contributed by atoms with Crippen molar-refractivity contribution in [2.24, 2.45) is 20.7 Å². The average Bonchev–Trinajstić information content (AvgIpc) is 2.30. The molecule has 3 aliphatic rings. The third-order valence-electron chi connectivity index (χ3n) is 2.42. The summed E-state index contributed by atoms with van der Waals surface area (Å²) in [5.74, 6) is 1.47. The molecule has 0 aromatic carbocycles. The Balaban J connectivity index is 2.20. The van der Waals surface area contributed by atoms with E-state index in [2.05, 4.69) is 15.0 Å². The van der Waals surface area contributed by atoms with Crippen LogP contribution in [0.5, 0.6) is 0 Å². The lowest BCUT2D eigenvalue weighted by atomic mass is 10.1.